The lowest BCUT2D eigenvalue weighted by Crippen LogP contribution is -2.19. The predicted octanol–water partition coefficient (Wildman–Crippen LogP) is 12.0. The Balaban J connectivity index is 3.51. The summed E-state index contributed by atoms with van der Waals surface area (Å²) in [7, 11) is 0. The molecule has 0 saturated carbocycles. The number of ether oxygens (including phenoxy) is 2. The quantitative estimate of drug-likeness (QED) is 0.0397. The molecule has 0 amide bonds. The Bertz CT molecular complexity index is 646. The molecular formula is C39H72O6. The lowest BCUT2D eigenvalue weighted by molar-refractivity contribution is -0.165. The van der Waals surface area contributed by atoms with Crippen LogP contribution < -0.4 is 0 Å². The van der Waals surface area contributed by atoms with Crippen molar-refractivity contribution in [2.24, 2.45) is 0 Å². The van der Waals surface area contributed by atoms with Crippen LogP contribution in [0.15, 0.2) is 0 Å². The van der Waals surface area contributed by atoms with Gasteiger partial charge in [-0.15, -0.1) is 0 Å². The molecule has 0 N–H and O–H groups in total. The summed E-state index contributed by atoms with van der Waals surface area (Å²) < 4.78 is 9.44. The second-order valence-corrected chi connectivity index (χ2v) is 13.3. The molecule has 0 aliphatic heterocycles. The van der Waals surface area contributed by atoms with Crippen LogP contribution in [0.25, 0.3) is 0 Å². The molecule has 0 aromatic rings. The molecule has 0 bridgehead atoms. The molecule has 6 nitrogen and oxygen atoms in total. The molecule has 0 atom stereocenters. The van der Waals surface area contributed by atoms with Crippen molar-refractivity contribution >= 4 is 23.9 Å². The summed E-state index contributed by atoms with van der Waals surface area (Å²) in [4.78, 5) is 47.5. The number of esters is 4. The minimum absolute atomic E-state index is 0.164. The van der Waals surface area contributed by atoms with Gasteiger partial charge in [0.15, 0.2) is 0 Å². The largest absolute Gasteiger partial charge is 0.393 e. The molecule has 0 aromatic carbocycles. The van der Waals surface area contributed by atoms with Gasteiger partial charge in [0.05, 0.1) is 0 Å². The van der Waals surface area contributed by atoms with Gasteiger partial charge in [0, 0.05) is 12.8 Å². The van der Waals surface area contributed by atoms with Crippen LogP contribution in [0, 0.1) is 0 Å². The highest BCUT2D eigenvalue weighted by atomic mass is 16.6. The molecule has 0 spiro atoms. The average molecular weight is 637 g/mol. The molecule has 0 radical (unpaired) electrons. The van der Waals surface area contributed by atoms with Gasteiger partial charge in [-0.05, 0) is 12.8 Å². The van der Waals surface area contributed by atoms with Crippen molar-refractivity contribution < 1.29 is 28.7 Å². The predicted molar refractivity (Wildman–Crippen MR) is 186 cm³/mol. The fraction of sp³-hybridized carbons (Fsp3) is 0.897. The van der Waals surface area contributed by atoms with E-state index in [9.17, 15) is 19.2 Å². The van der Waals surface area contributed by atoms with E-state index in [-0.39, 0.29) is 12.8 Å². The number of unbranched alkanes of at least 4 members (excludes halogenated alkanes) is 28. The van der Waals surface area contributed by atoms with E-state index in [1.54, 1.807) is 0 Å². The highest BCUT2D eigenvalue weighted by Gasteiger charge is 2.18. The molecule has 0 heterocycles. The third-order valence-electron chi connectivity index (χ3n) is 8.71. The maximum absolute atomic E-state index is 11.9. The van der Waals surface area contributed by atoms with E-state index in [1.807, 2.05) is 0 Å². The second kappa shape index (κ2) is 35.1. The van der Waals surface area contributed by atoms with E-state index in [0.29, 0.717) is 12.8 Å². The number of hydrogen-bond donors (Lipinski definition) is 0. The van der Waals surface area contributed by atoms with Crippen LogP contribution in [-0.4, -0.2) is 23.9 Å². The van der Waals surface area contributed by atoms with Crippen molar-refractivity contribution in [2.45, 2.75) is 226 Å². The van der Waals surface area contributed by atoms with Gasteiger partial charge >= 0.3 is 23.9 Å². The van der Waals surface area contributed by atoms with E-state index < -0.39 is 30.3 Å². The van der Waals surface area contributed by atoms with E-state index in [2.05, 4.69) is 13.8 Å². The molecule has 0 fully saturated rings. The Morgan fingerprint density at radius 2 is 0.489 bits per heavy atom. The Kier molecular flexibility index (Phi) is 33.8. The number of carbonyl (C=O) groups is 4. The molecule has 45 heavy (non-hydrogen) atoms. The highest BCUT2D eigenvalue weighted by molar-refractivity contribution is 5.99. The van der Waals surface area contributed by atoms with Gasteiger partial charge in [-0.2, -0.15) is 0 Å². The van der Waals surface area contributed by atoms with E-state index in [1.165, 1.54) is 154 Å². The van der Waals surface area contributed by atoms with Crippen LogP contribution in [0.3, 0.4) is 0 Å². The van der Waals surface area contributed by atoms with Crippen LogP contribution in [-0.2, 0) is 28.7 Å². The zero-order valence-corrected chi connectivity index (χ0v) is 29.8. The molecule has 0 aliphatic carbocycles. The molecule has 0 aliphatic rings. The standard InChI is InChI=1S/C39H72O6/c1-3-5-7-9-11-13-15-17-19-21-23-25-27-29-31-33-36(40)44-38(42)35-39(43)45-37(41)34-32-30-28-26-24-22-20-18-16-14-12-10-8-6-4-2/h3-35H2,1-2H3. The molecule has 6 heteroatoms. The molecule has 0 unspecified atom stereocenters. The summed E-state index contributed by atoms with van der Waals surface area (Å²) in [6, 6.07) is 0. The van der Waals surface area contributed by atoms with Crippen molar-refractivity contribution in [2.75, 3.05) is 0 Å². The van der Waals surface area contributed by atoms with Crippen LogP contribution in [0.2, 0.25) is 0 Å². The monoisotopic (exact) mass is 637 g/mol. The zero-order chi connectivity index (χ0) is 33.1. The van der Waals surface area contributed by atoms with Crippen molar-refractivity contribution in [3.05, 3.63) is 0 Å². The molecule has 0 saturated heterocycles. The first-order valence-electron chi connectivity index (χ1n) is 19.5. The van der Waals surface area contributed by atoms with Gasteiger partial charge in [0.1, 0.15) is 6.42 Å². The number of rotatable bonds is 34. The minimum Gasteiger partial charge on any atom is -0.393 e. The maximum Gasteiger partial charge on any atom is 0.324 e. The van der Waals surface area contributed by atoms with Gasteiger partial charge in [-0.3, -0.25) is 19.2 Å². The lowest BCUT2D eigenvalue weighted by Gasteiger charge is -2.05. The summed E-state index contributed by atoms with van der Waals surface area (Å²) in [5.74, 6) is -3.14. The van der Waals surface area contributed by atoms with Crippen molar-refractivity contribution in [3.8, 4) is 0 Å². The minimum atomic E-state index is -0.953. The Morgan fingerprint density at radius 3 is 0.711 bits per heavy atom. The van der Waals surface area contributed by atoms with Crippen LogP contribution >= 0.6 is 0 Å². The van der Waals surface area contributed by atoms with Gasteiger partial charge < -0.3 is 9.47 Å². The lowest BCUT2D eigenvalue weighted by atomic mass is 10.0. The van der Waals surface area contributed by atoms with Crippen molar-refractivity contribution in [3.63, 3.8) is 0 Å². The summed E-state index contributed by atoms with van der Waals surface area (Å²) >= 11 is 0. The first-order valence-corrected chi connectivity index (χ1v) is 19.5. The first-order chi connectivity index (χ1) is 22.0. The van der Waals surface area contributed by atoms with Crippen molar-refractivity contribution in [1.29, 1.82) is 0 Å². The molecule has 264 valence electrons. The van der Waals surface area contributed by atoms with Gasteiger partial charge in [0.25, 0.3) is 0 Å². The zero-order valence-electron chi connectivity index (χ0n) is 29.8. The summed E-state index contributed by atoms with van der Waals surface area (Å²) in [5, 5.41) is 0. The summed E-state index contributed by atoms with van der Waals surface area (Å²) in [6.07, 6.45) is 36.8. The Hall–Kier alpha value is -1.72. The van der Waals surface area contributed by atoms with E-state index in [4.69, 9.17) is 9.47 Å². The Morgan fingerprint density at radius 1 is 0.289 bits per heavy atom. The maximum atomic E-state index is 11.9. The SMILES string of the molecule is CCCCCCCCCCCCCCCCCC(=O)OC(=O)CC(=O)OC(=O)CCCCCCCCCCCCCCCCC. The smallest absolute Gasteiger partial charge is 0.324 e. The average Bonchev–Trinajstić information content (AvgIpc) is 3.00. The fourth-order valence-corrected chi connectivity index (χ4v) is 5.83. The third-order valence-corrected chi connectivity index (χ3v) is 8.71. The summed E-state index contributed by atoms with van der Waals surface area (Å²) in [6.45, 7) is 4.51. The van der Waals surface area contributed by atoms with E-state index in [0.717, 1.165) is 25.7 Å². The second-order valence-electron chi connectivity index (χ2n) is 13.3. The topological polar surface area (TPSA) is 86.7 Å². The summed E-state index contributed by atoms with van der Waals surface area (Å²) in [5.41, 5.74) is 0. The molecular weight excluding hydrogens is 564 g/mol. The van der Waals surface area contributed by atoms with Crippen LogP contribution in [0.1, 0.15) is 226 Å². The van der Waals surface area contributed by atoms with Crippen LogP contribution in [0.5, 0.6) is 0 Å². The molecule has 0 rings (SSSR count). The van der Waals surface area contributed by atoms with Gasteiger partial charge in [0.2, 0.25) is 0 Å². The third kappa shape index (κ3) is 35.0. The first kappa shape index (κ1) is 43.3. The number of carbonyl (C=O) groups excluding carboxylic acids is 4. The molecule has 0 aromatic heterocycles. The van der Waals surface area contributed by atoms with Gasteiger partial charge in [-0.1, -0.05) is 194 Å². The number of hydrogen-bond acceptors (Lipinski definition) is 6. The Labute approximate surface area is 277 Å². The van der Waals surface area contributed by atoms with Crippen LogP contribution in [0.4, 0.5) is 0 Å². The van der Waals surface area contributed by atoms with Gasteiger partial charge in [-0.25, -0.2) is 0 Å². The normalized spacial score (nSPS) is 11.1. The van der Waals surface area contributed by atoms with Crippen molar-refractivity contribution in [1.82, 2.24) is 0 Å². The van der Waals surface area contributed by atoms with E-state index >= 15 is 0 Å². The fourth-order valence-electron chi connectivity index (χ4n) is 5.83. The highest BCUT2D eigenvalue weighted by Crippen LogP contribution is 2.15.